The Balaban J connectivity index is 1.39. The Kier molecular flexibility index (Phi) is 6.40. The number of anilines is 3. The van der Waals surface area contributed by atoms with Crippen molar-refractivity contribution in [2.45, 2.75) is 5.16 Å². The van der Waals surface area contributed by atoms with Gasteiger partial charge in [-0.15, -0.1) is 0 Å². The molecule has 162 valence electrons. The van der Waals surface area contributed by atoms with Crippen LogP contribution in [0.5, 0.6) is 0 Å². The van der Waals surface area contributed by atoms with Crippen LogP contribution in [0.15, 0.2) is 58.5 Å². The first-order valence-corrected chi connectivity index (χ1v) is 11.3. The number of fused-ring (bicyclic) bond motifs is 1. The monoisotopic (exact) mass is 486 g/mol. The van der Waals surface area contributed by atoms with Gasteiger partial charge in [0, 0.05) is 10.6 Å². The Hall–Kier alpha value is -3.41. The van der Waals surface area contributed by atoms with Gasteiger partial charge >= 0.3 is 0 Å². The van der Waals surface area contributed by atoms with E-state index in [0.29, 0.717) is 15.7 Å². The van der Waals surface area contributed by atoms with Gasteiger partial charge in [-0.25, -0.2) is 9.97 Å². The molecule has 0 saturated carbocycles. The molecule has 9 nitrogen and oxygen atoms in total. The number of thioether (sulfide) groups is 1. The molecular weight excluding hydrogens is 472 g/mol. The maximum Gasteiger partial charge on any atom is 0.277 e. The molecule has 0 aliphatic carbocycles. The summed E-state index contributed by atoms with van der Waals surface area (Å²) in [6.45, 7) is 0. The number of hydrogen-bond acceptors (Lipinski definition) is 8. The Morgan fingerprint density at radius 3 is 2.56 bits per heavy atom. The molecule has 2 aromatic carbocycles. The maximum absolute atomic E-state index is 12.4. The minimum Gasteiger partial charge on any atom is -0.382 e. The van der Waals surface area contributed by atoms with Gasteiger partial charge in [0.25, 0.3) is 11.5 Å². The highest BCUT2D eigenvalue weighted by atomic mass is 35.5. The summed E-state index contributed by atoms with van der Waals surface area (Å²) in [5.41, 5.74) is 6.16. The molecule has 2 amide bonds. The number of H-pyrrole nitrogens is 1. The molecule has 0 aliphatic heterocycles. The number of halogens is 1. The molecule has 2 heterocycles. The maximum atomic E-state index is 12.4. The van der Waals surface area contributed by atoms with Crippen LogP contribution < -0.4 is 21.9 Å². The summed E-state index contributed by atoms with van der Waals surface area (Å²) in [5.74, 6) is -1.02. The standard InChI is InChI=1S/C20H15ClN6O3S2/c21-11-7-5-10(6-8-11)17(29)25-15-16(22)26-19(27-18(15)30)31-9-14(28)24-20-23-12-3-1-2-4-13(12)32-20/h1-8H,9H2,(H,25,29)(H,23,24,28)(H3,22,26,27,30). The van der Waals surface area contributed by atoms with Crippen molar-refractivity contribution in [1.29, 1.82) is 0 Å². The molecule has 2 aromatic heterocycles. The average Bonchev–Trinajstić information content (AvgIpc) is 3.17. The van der Waals surface area contributed by atoms with Crippen molar-refractivity contribution in [2.24, 2.45) is 0 Å². The predicted molar refractivity (Wildman–Crippen MR) is 128 cm³/mol. The largest absolute Gasteiger partial charge is 0.382 e. The Morgan fingerprint density at radius 2 is 1.84 bits per heavy atom. The van der Waals surface area contributed by atoms with Crippen molar-refractivity contribution < 1.29 is 9.59 Å². The van der Waals surface area contributed by atoms with Crippen LogP contribution in [0.1, 0.15) is 10.4 Å². The second-order valence-corrected chi connectivity index (χ2v) is 8.85. The molecule has 0 aliphatic rings. The molecule has 5 N–H and O–H groups in total. The lowest BCUT2D eigenvalue weighted by atomic mass is 10.2. The van der Waals surface area contributed by atoms with Crippen LogP contribution in [-0.4, -0.2) is 32.5 Å². The predicted octanol–water partition coefficient (Wildman–Crippen LogP) is 3.60. The van der Waals surface area contributed by atoms with E-state index in [9.17, 15) is 14.4 Å². The van der Waals surface area contributed by atoms with Gasteiger partial charge in [0.15, 0.2) is 16.1 Å². The van der Waals surface area contributed by atoms with Crippen LogP contribution in [0.3, 0.4) is 0 Å². The summed E-state index contributed by atoms with van der Waals surface area (Å²) in [5, 5.41) is 6.28. The number of carbonyl (C=O) groups excluding carboxylic acids is 2. The lowest BCUT2D eigenvalue weighted by Crippen LogP contribution is -2.23. The van der Waals surface area contributed by atoms with E-state index in [-0.39, 0.29) is 28.3 Å². The first kappa shape index (κ1) is 21.8. The average molecular weight is 487 g/mol. The number of benzene rings is 2. The molecule has 4 aromatic rings. The van der Waals surface area contributed by atoms with Crippen LogP contribution in [-0.2, 0) is 4.79 Å². The number of carbonyl (C=O) groups is 2. The van der Waals surface area contributed by atoms with Crippen molar-refractivity contribution >= 4 is 73.4 Å². The van der Waals surface area contributed by atoms with Crippen LogP contribution in [0.25, 0.3) is 10.2 Å². The molecule has 0 spiro atoms. The third-order valence-electron chi connectivity index (χ3n) is 4.15. The van der Waals surface area contributed by atoms with Gasteiger partial charge in [0.1, 0.15) is 5.69 Å². The van der Waals surface area contributed by atoms with Crippen LogP contribution in [0.2, 0.25) is 5.02 Å². The molecule has 0 saturated heterocycles. The number of hydrogen-bond donors (Lipinski definition) is 4. The summed E-state index contributed by atoms with van der Waals surface area (Å²) in [6, 6.07) is 13.7. The lowest BCUT2D eigenvalue weighted by Gasteiger charge is -2.08. The van der Waals surface area contributed by atoms with Gasteiger partial charge in [-0.2, -0.15) is 0 Å². The first-order chi connectivity index (χ1) is 15.4. The number of aromatic amines is 1. The molecule has 0 bridgehead atoms. The van der Waals surface area contributed by atoms with E-state index in [1.54, 1.807) is 12.1 Å². The Morgan fingerprint density at radius 1 is 1.09 bits per heavy atom. The number of nitrogen functional groups attached to an aromatic ring is 1. The van der Waals surface area contributed by atoms with Gasteiger partial charge in [-0.3, -0.25) is 19.4 Å². The quantitative estimate of drug-likeness (QED) is 0.241. The van der Waals surface area contributed by atoms with E-state index in [1.807, 2.05) is 24.3 Å². The number of nitrogens with one attached hydrogen (secondary N) is 3. The van der Waals surface area contributed by atoms with E-state index in [2.05, 4.69) is 25.6 Å². The molecule has 0 atom stereocenters. The number of nitrogens with zero attached hydrogens (tertiary/aromatic N) is 2. The summed E-state index contributed by atoms with van der Waals surface area (Å²) in [6.07, 6.45) is 0. The fraction of sp³-hybridized carbons (Fsp3) is 0.0500. The number of rotatable bonds is 6. The van der Waals surface area contributed by atoms with Gasteiger partial charge < -0.3 is 16.4 Å². The number of amides is 2. The SMILES string of the molecule is Nc1nc(SCC(=O)Nc2nc3ccccc3s2)[nH]c(=O)c1NC(=O)c1ccc(Cl)cc1. The van der Waals surface area contributed by atoms with Crippen LogP contribution in [0, 0.1) is 0 Å². The fourth-order valence-corrected chi connectivity index (χ4v) is 4.34. The normalized spacial score (nSPS) is 10.8. The van der Waals surface area contributed by atoms with Crippen molar-refractivity contribution in [3.05, 3.63) is 69.5 Å². The molecule has 12 heteroatoms. The summed E-state index contributed by atoms with van der Waals surface area (Å²) < 4.78 is 0.963. The van der Waals surface area contributed by atoms with E-state index < -0.39 is 11.5 Å². The van der Waals surface area contributed by atoms with Gasteiger partial charge in [0.05, 0.1) is 16.0 Å². The van der Waals surface area contributed by atoms with E-state index in [0.717, 1.165) is 22.0 Å². The highest BCUT2D eigenvalue weighted by Gasteiger charge is 2.15. The highest BCUT2D eigenvalue weighted by Crippen LogP contribution is 2.26. The van der Waals surface area contributed by atoms with Crippen LogP contribution in [0.4, 0.5) is 16.6 Å². The first-order valence-electron chi connectivity index (χ1n) is 9.14. The zero-order chi connectivity index (χ0) is 22.7. The number of thiazole rings is 1. The van der Waals surface area contributed by atoms with E-state index in [4.69, 9.17) is 17.3 Å². The zero-order valence-corrected chi connectivity index (χ0v) is 18.6. The van der Waals surface area contributed by atoms with Crippen molar-refractivity contribution in [1.82, 2.24) is 15.0 Å². The van der Waals surface area contributed by atoms with Crippen molar-refractivity contribution in [3.63, 3.8) is 0 Å². The third-order valence-corrected chi connectivity index (χ3v) is 6.23. The van der Waals surface area contributed by atoms with Gasteiger partial charge in [0.2, 0.25) is 5.91 Å². The van der Waals surface area contributed by atoms with Crippen LogP contribution >= 0.6 is 34.7 Å². The number of aromatic nitrogens is 3. The summed E-state index contributed by atoms with van der Waals surface area (Å²) in [4.78, 5) is 47.9. The fourth-order valence-electron chi connectivity index (χ4n) is 2.66. The Bertz CT molecular complexity index is 1340. The smallest absolute Gasteiger partial charge is 0.277 e. The zero-order valence-electron chi connectivity index (χ0n) is 16.2. The van der Waals surface area contributed by atoms with Crippen molar-refractivity contribution in [2.75, 3.05) is 22.1 Å². The van der Waals surface area contributed by atoms with Crippen molar-refractivity contribution in [3.8, 4) is 0 Å². The second-order valence-electron chi connectivity index (χ2n) is 6.42. The minimum absolute atomic E-state index is 0.0191. The molecule has 4 rings (SSSR count). The number of para-hydroxylation sites is 1. The van der Waals surface area contributed by atoms with E-state index >= 15 is 0 Å². The molecule has 0 fully saturated rings. The van der Waals surface area contributed by atoms with Gasteiger partial charge in [-0.05, 0) is 36.4 Å². The third kappa shape index (κ3) is 5.07. The van der Waals surface area contributed by atoms with Gasteiger partial charge in [-0.1, -0.05) is 46.8 Å². The molecule has 0 unspecified atom stereocenters. The molecule has 32 heavy (non-hydrogen) atoms. The lowest BCUT2D eigenvalue weighted by molar-refractivity contribution is -0.113. The summed E-state index contributed by atoms with van der Waals surface area (Å²) in [7, 11) is 0. The summed E-state index contributed by atoms with van der Waals surface area (Å²) >= 11 is 8.17. The topological polar surface area (TPSA) is 143 Å². The minimum atomic E-state index is -0.631. The number of nitrogens with two attached hydrogens (primary N) is 1. The second kappa shape index (κ2) is 9.39. The van der Waals surface area contributed by atoms with E-state index in [1.165, 1.54) is 23.5 Å². The molecular formula is C20H15ClN6O3S2. The Labute approximate surface area is 194 Å². The highest BCUT2D eigenvalue weighted by molar-refractivity contribution is 7.99. The molecule has 0 radical (unpaired) electrons.